The Balaban J connectivity index is 2.72. The van der Waals surface area contributed by atoms with Gasteiger partial charge in [-0.25, -0.2) is 0 Å². The van der Waals surface area contributed by atoms with E-state index in [2.05, 4.69) is 0 Å². The summed E-state index contributed by atoms with van der Waals surface area (Å²) < 4.78 is 9.98. The summed E-state index contributed by atoms with van der Waals surface area (Å²) in [4.78, 5) is 10.8. The Bertz CT molecular complexity index is 407. The molecule has 92 valence electrons. The lowest BCUT2D eigenvalue weighted by atomic mass is 10.1. The van der Waals surface area contributed by atoms with Gasteiger partial charge in [0.2, 0.25) is 0 Å². The van der Waals surface area contributed by atoms with Crippen molar-refractivity contribution in [3.63, 3.8) is 0 Å². The van der Waals surface area contributed by atoms with Crippen molar-refractivity contribution in [1.82, 2.24) is 0 Å². The third-order valence-corrected chi connectivity index (χ3v) is 2.09. The molecule has 2 N–H and O–H groups in total. The van der Waals surface area contributed by atoms with E-state index in [1.54, 1.807) is 26.2 Å². The van der Waals surface area contributed by atoms with E-state index in [9.17, 15) is 4.79 Å². The normalized spacial score (nSPS) is 14.4. The quantitative estimate of drug-likeness (QED) is 0.640. The fraction of sp³-hybridized carbons (Fsp3) is 0.308. The standard InChI is InChI=1S/C13H17NO3/c1-10(15)17-13(2,14)9-8-11-4-6-12(16-3)7-5-11/h4-9H,14H2,1-3H3. The van der Waals surface area contributed by atoms with Gasteiger partial charge in [-0.15, -0.1) is 0 Å². The van der Waals surface area contributed by atoms with Crippen molar-refractivity contribution in [1.29, 1.82) is 0 Å². The zero-order valence-corrected chi connectivity index (χ0v) is 10.3. The van der Waals surface area contributed by atoms with Crippen molar-refractivity contribution in [2.45, 2.75) is 19.6 Å². The summed E-state index contributed by atoms with van der Waals surface area (Å²) in [6, 6.07) is 7.47. The first-order valence-corrected chi connectivity index (χ1v) is 5.25. The summed E-state index contributed by atoms with van der Waals surface area (Å²) >= 11 is 0. The second-order valence-corrected chi connectivity index (χ2v) is 3.88. The molecule has 0 amide bonds. The van der Waals surface area contributed by atoms with Gasteiger partial charge >= 0.3 is 5.97 Å². The number of hydrogen-bond donors (Lipinski definition) is 1. The summed E-state index contributed by atoms with van der Waals surface area (Å²) in [5.41, 5.74) is 5.63. The number of ether oxygens (including phenoxy) is 2. The van der Waals surface area contributed by atoms with Crippen molar-refractivity contribution in [3.05, 3.63) is 35.9 Å². The van der Waals surface area contributed by atoms with Crippen LogP contribution in [-0.2, 0) is 9.53 Å². The largest absolute Gasteiger partial charge is 0.497 e. The smallest absolute Gasteiger partial charge is 0.304 e. The van der Waals surface area contributed by atoms with Gasteiger partial charge in [-0.3, -0.25) is 10.5 Å². The third kappa shape index (κ3) is 4.70. The van der Waals surface area contributed by atoms with Crippen LogP contribution in [-0.4, -0.2) is 18.8 Å². The van der Waals surface area contributed by atoms with Crippen LogP contribution < -0.4 is 10.5 Å². The molecule has 1 unspecified atom stereocenters. The molecule has 0 fully saturated rings. The Labute approximate surface area is 101 Å². The maximum Gasteiger partial charge on any atom is 0.304 e. The highest BCUT2D eigenvalue weighted by Gasteiger charge is 2.16. The highest BCUT2D eigenvalue weighted by molar-refractivity contribution is 5.67. The molecule has 1 atom stereocenters. The summed E-state index contributed by atoms with van der Waals surface area (Å²) in [6.07, 6.45) is 3.43. The van der Waals surface area contributed by atoms with Gasteiger partial charge in [0.15, 0.2) is 5.72 Å². The number of esters is 1. The van der Waals surface area contributed by atoms with Gasteiger partial charge in [0.1, 0.15) is 5.75 Å². The molecule has 0 spiro atoms. The Kier molecular flexibility index (Phi) is 4.29. The zero-order chi connectivity index (χ0) is 12.9. The fourth-order valence-electron chi connectivity index (χ4n) is 1.32. The van der Waals surface area contributed by atoms with E-state index in [0.29, 0.717) is 0 Å². The van der Waals surface area contributed by atoms with E-state index in [-0.39, 0.29) is 0 Å². The Morgan fingerprint density at radius 2 is 1.94 bits per heavy atom. The lowest BCUT2D eigenvalue weighted by Gasteiger charge is -2.19. The van der Waals surface area contributed by atoms with Crippen LogP contribution in [0.2, 0.25) is 0 Å². The molecule has 0 aliphatic rings. The number of rotatable bonds is 4. The van der Waals surface area contributed by atoms with Gasteiger partial charge in [-0.05, 0) is 30.7 Å². The lowest BCUT2D eigenvalue weighted by molar-refractivity contribution is -0.150. The summed E-state index contributed by atoms with van der Waals surface area (Å²) in [5, 5.41) is 0. The second-order valence-electron chi connectivity index (χ2n) is 3.88. The van der Waals surface area contributed by atoms with Crippen LogP contribution in [0.1, 0.15) is 19.4 Å². The molecule has 4 heteroatoms. The predicted octanol–water partition coefficient (Wildman–Crippen LogP) is 1.95. The molecule has 1 rings (SSSR count). The first kappa shape index (κ1) is 13.3. The Morgan fingerprint density at radius 3 is 2.41 bits per heavy atom. The molecular weight excluding hydrogens is 218 g/mol. The molecule has 0 heterocycles. The van der Waals surface area contributed by atoms with E-state index in [1.165, 1.54) is 6.92 Å². The first-order valence-electron chi connectivity index (χ1n) is 5.25. The van der Waals surface area contributed by atoms with E-state index in [0.717, 1.165) is 11.3 Å². The number of hydrogen-bond acceptors (Lipinski definition) is 4. The number of nitrogens with two attached hydrogens (primary N) is 1. The molecule has 0 aliphatic heterocycles. The number of carbonyl (C=O) groups is 1. The monoisotopic (exact) mass is 235 g/mol. The van der Waals surface area contributed by atoms with Crippen LogP contribution >= 0.6 is 0 Å². The van der Waals surface area contributed by atoms with Gasteiger partial charge < -0.3 is 9.47 Å². The minimum atomic E-state index is -1.09. The Hall–Kier alpha value is -1.81. The van der Waals surface area contributed by atoms with Crippen molar-refractivity contribution in [3.8, 4) is 5.75 Å². The maximum absolute atomic E-state index is 10.8. The predicted molar refractivity (Wildman–Crippen MR) is 66.4 cm³/mol. The van der Waals surface area contributed by atoms with Crippen LogP contribution in [0.15, 0.2) is 30.3 Å². The van der Waals surface area contributed by atoms with Crippen molar-refractivity contribution in [2.75, 3.05) is 7.11 Å². The van der Waals surface area contributed by atoms with Crippen molar-refractivity contribution in [2.24, 2.45) is 5.73 Å². The highest BCUT2D eigenvalue weighted by atomic mass is 16.6. The maximum atomic E-state index is 10.8. The number of benzene rings is 1. The van der Waals surface area contributed by atoms with Gasteiger partial charge in [-0.1, -0.05) is 18.2 Å². The molecule has 0 saturated heterocycles. The van der Waals surface area contributed by atoms with Crippen molar-refractivity contribution >= 4 is 12.0 Å². The van der Waals surface area contributed by atoms with Gasteiger partial charge in [0.05, 0.1) is 7.11 Å². The molecule has 0 saturated carbocycles. The summed E-state index contributed by atoms with van der Waals surface area (Å²) in [7, 11) is 1.61. The molecule has 0 aliphatic carbocycles. The molecule has 0 radical (unpaired) electrons. The van der Waals surface area contributed by atoms with Crippen LogP contribution in [0, 0.1) is 0 Å². The van der Waals surface area contributed by atoms with E-state index in [4.69, 9.17) is 15.2 Å². The summed E-state index contributed by atoms with van der Waals surface area (Å²) in [5.74, 6) is 0.382. The van der Waals surface area contributed by atoms with E-state index < -0.39 is 11.7 Å². The molecule has 0 aromatic heterocycles. The zero-order valence-electron chi connectivity index (χ0n) is 10.3. The molecule has 17 heavy (non-hydrogen) atoms. The number of carbonyl (C=O) groups excluding carboxylic acids is 1. The van der Waals surface area contributed by atoms with Gasteiger partial charge in [0.25, 0.3) is 0 Å². The molecule has 1 aromatic carbocycles. The first-order chi connectivity index (χ1) is 7.93. The highest BCUT2D eigenvalue weighted by Crippen LogP contribution is 2.14. The average molecular weight is 235 g/mol. The molecule has 4 nitrogen and oxygen atoms in total. The SMILES string of the molecule is COc1ccc(C=CC(C)(N)OC(C)=O)cc1. The lowest BCUT2D eigenvalue weighted by Crippen LogP contribution is -2.38. The minimum absolute atomic E-state index is 0.408. The Morgan fingerprint density at radius 1 is 1.35 bits per heavy atom. The van der Waals surface area contributed by atoms with Gasteiger partial charge in [-0.2, -0.15) is 0 Å². The molecule has 1 aromatic rings. The van der Waals surface area contributed by atoms with Crippen LogP contribution in [0.3, 0.4) is 0 Å². The second kappa shape index (κ2) is 5.50. The number of methoxy groups -OCH3 is 1. The fourth-order valence-corrected chi connectivity index (χ4v) is 1.32. The van der Waals surface area contributed by atoms with E-state index >= 15 is 0 Å². The van der Waals surface area contributed by atoms with Crippen LogP contribution in [0.25, 0.3) is 6.08 Å². The topological polar surface area (TPSA) is 61.6 Å². The van der Waals surface area contributed by atoms with E-state index in [1.807, 2.05) is 24.3 Å². The van der Waals surface area contributed by atoms with Crippen LogP contribution in [0.4, 0.5) is 0 Å². The molecular formula is C13H17NO3. The minimum Gasteiger partial charge on any atom is -0.497 e. The van der Waals surface area contributed by atoms with Crippen LogP contribution in [0.5, 0.6) is 5.75 Å². The van der Waals surface area contributed by atoms with Crippen molar-refractivity contribution < 1.29 is 14.3 Å². The van der Waals surface area contributed by atoms with Gasteiger partial charge in [0, 0.05) is 6.92 Å². The average Bonchev–Trinajstić information content (AvgIpc) is 2.25. The molecule has 0 bridgehead atoms. The third-order valence-electron chi connectivity index (χ3n) is 2.09. The summed E-state index contributed by atoms with van der Waals surface area (Å²) in [6.45, 7) is 2.95.